The van der Waals surface area contributed by atoms with Crippen molar-refractivity contribution >= 4 is 19.2 Å². The second kappa shape index (κ2) is 7.55. The van der Waals surface area contributed by atoms with Crippen molar-refractivity contribution in [3.05, 3.63) is 54.6 Å². The highest BCUT2D eigenvalue weighted by molar-refractivity contribution is 6.87. The number of hydrogen-bond donors (Lipinski definition) is 0. The van der Waals surface area contributed by atoms with Crippen molar-refractivity contribution in [3.8, 4) is 5.75 Å². The molecule has 0 bridgehead atoms. The predicted octanol–water partition coefficient (Wildman–Crippen LogP) is 3.63. The molecule has 0 amide bonds. The van der Waals surface area contributed by atoms with Gasteiger partial charge in [0.05, 0.1) is 6.61 Å². The highest BCUT2D eigenvalue weighted by atomic mass is 28.3. The van der Waals surface area contributed by atoms with E-state index in [1.807, 2.05) is 13.8 Å². The Morgan fingerprint density at radius 1 is 1.00 bits per heavy atom. The first-order valence-corrected chi connectivity index (χ1v) is 10.7. The fraction of sp³-hybridized carbons (Fsp3) is 0.455. The molecule has 0 unspecified atom stereocenters. The molecule has 0 spiro atoms. The molecule has 1 radical (unpaired) electrons. The van der Waals surface area contributed by atoms with E-state index in [1.165, 1.54) is 10.4 Å². The second-order valence-corrected chi connectivity index (χ2v) is 11.7. The SMILES string of the molecule is CC1(C)OC[C@@H](COc2ccc([Si](c3ccccc3)C(C)(C)C)cc2)O1. The van der Waals surface area contributed by atoms with Crippen molar-refractivity contribution in [2.24, 2.45) is 0 Å². The number of hydrogen-bond acceptors (Lipinski definition) is 3. The van der Waals surface area contributed by atoms with E-state index < -0.39 is 14.6 Å². The lowest BCUT2D eigenvalue weighted by molar-refractivity contribution is -0.141. The molecular weight excluding hydrogens is 340 g/mol. The molecule has 1 fully saturated rings. The Bertz CT molecular complexity index is 704. The molecule has 1 saturated heterocycles. The quantitative estimate of drug-likeness (QED) is 0.754. The first-order valence-electron chi connectivity index (χ1n) is 9.22. The van der Waals surface area contributed by atoms with E-state index in [2.05, 4.69) is 75.4 Å². The summed E-state index contributed by atoms with van der Waals surface area (Å²) >= 11 is 0. The Morgan fingerprint density at radius 2 is 1.62 bits per heavy atom. The monoisotopic (exact) mass is 369 g/mol. The lowest BCUT2D eigenvalue weighted by atomic mass is 10.2. The molecule has 1 atom stereocenters. The van der Waals surface area contributed by atoms with E-state index >= 15 is 0 Å². The van der Waals surface area contributed by atoms with E-state index in [4.69, 9.17) is 14.2 Å². The molecule has 3 rings (SSSR count). The van der Waals surface area contributed by atoms with Gasteiger partial charge in [-0.05, 0) is 31.0 Å². The zero-order chi connectivity index (χ0) is 18.8. The van der Waals surface area contributed by atoms with E-state index in [0.717, 1.165) is 5.75 Å². The smallest absolute Gasteiger partial charge is 0.163 e. The molecule has 139 valence electrons. The molecule has 0 saturated carbocycles. The molecule has 26 heavy (non-hydrogen) atoms. The Labute approximate surface area is 158 Å². The third-order valence-electron chi connectivity index (χ3n) is 4.46. The van der Waals surface area contributed by atoms with E-state index in [1.54, 1.807) is 0 Å². The largest absolute Gasteiger partial charge is 0.491 e. The Kier molecular flexibility index (Phi) is 5.56. The van der Waals surface area contributed by atoms with Gasteiger partial charge >= 0.3 is 0 Å². The summed E-state index contributed by atoms with van der Waals surface area (Å²) < 4.78 is 17.3. The van der Waals surface area contributed by atoms with Gasteiger partial charge in [-0.1, -0.05) is 73.6 Å². The van der Waals surface area contributed by atoms with Gasteiger partial charge in [0, 0.05) is 0 Å². The van der Waals surface area contributed by atoms with Crippen LogP contribution in [0.1, 0.15) is 34.6 Å². The van der Waals surface area contributed by atoms with Crippen molar-refractivity contribution in [3.63, 3.8) is 0 Å². The van der Waals surface area contributed by atoms with Crippen LogP contribution in [0.5, 0.6) is 5.75 Å². The zero-order valence-corrected chi connectivity index (χ0v) is 17.4. The summed E-state index contributed by atoms with van der Waals surface area (Å²) in [6, 6.07) is 19.5. The van der Waals surface area contributed by atoms with Gasteiger partial charge in [0.1, 0.15) is 27.3 Å². The van der Waals surface area contributed by atoms with Crippen molar-refractivity contribution in [1.29, 1.82) is 0 Å². The van der Waals surface area contributed by atoms with Gasteiger partial charge in [0.2, 0.25) is 0 Å². The second-order valence-electron chi connectivity index (χ2n) is 8.28. The molecule has 0 aromatic heterocycles. The van der Waals surface area contributed by atoms with Crippen LogP contribution in [0, 0.1) is 0 Å². The molecule has 0 aliphatic carbocycles. The van der Waals surface area contributed by atoms with Crippen LogP contribution in [0.25, 0.3) is 0 Å². The van der Waals surface area contributed by atoms with E-state index in [9.17, 15) is 0 Å². The number of benzene rings is 2. The van der Waals surface area contributed by atoms with Crippen LogP contribution in [0.4, 0.5) is 0 Å². The summed E-state index contributed by atoms with van der Waals surface area (Å²) in [7, 11) is -0.877. The molecule has 1 heterocycles. The van der Waals surface area contributed by atoms with Crippen molar-refractivity contribution in [2.45, 2.75) is 51.5 Å². The van der Waals surface area contributed by atoms with Crippen LogP contribution in [-0.4, -0.2) is 33.9 Å². The molecule has 2 aromatic rings. The Balaban J connectivity index is 1.69. The summed E-state index contributed by atoms with van der Waals surface area (Å²) in [6.45, 7) is 11.9. The fourth-order valence-electron chi connectivity index (χ4n) is 3.39. The van der Waals surface area contributed by atoms with Crippen LogP contribution in [0.3, 0.4) is 0 Å². The lowest BCUT2D eigenvalue weighted by Gasteiger charge is -2.29. The third kappa shape index (κ3) is 4.75. The van der Waals surface area contributed by atoms with Crippen molar-refractivity contribution in [1.82, 2.24) is 0 Å². The Morgan fingerprint density at radius 3 is 2.15 bits per heavy atom. The first kappa shape index (κ1) is 19.1. The van der Waals surface area contributed by atoms with E-state index in [-0.39, 0.29) is 11.1 Å². The normalized spacial score (nSPS) is 19.7. The molecule has 1 aliphatic rings. The maximum absolute atomic E-state index is 5.92. The summed E-state index contributed by atoms with van der Waals surface area (Å²) in [4.78, 5) is 0. The van der Waals surface area contributed by atoms with Crippen molar-refractivity contribution in [2.75, 3.05) is 13.2 Å². The van der Waals surface area contributed by atoms with Gasteiger partial charge in [0.15, 0.2) is 5.79 Å². The molecule has 0 N–H and O–H groups in total. The van der Waals surface area contributed by atoms with Gasteiger partial charge in [-0.15, -0.1) is 0 Å². The first-order chi connectivity index (χ1) is 12.2. The molecule has 1 aliphatic heterocycles. The number of rotatable bonds is 5. The summed E-state index contributed by atoms with van der Waals surface area (Å²) in [6.07, 6.45) is -0.0109. The van der Waals surface area contributed by atoms with Gasteiger partial charge in [-0.3, -0.25) is 0 Å². The lowest BCUT2D eigenvalue weighted by Crippen LogP contribution is -2.48. The van der Waals surface area contributed by atoms with Crippen LogP contribution in [0.15, 0.2) is 54.6 Å². The summed E-state index contributed by atoms with van der Waals surface area (Å²) in [5.41, 5.74) is 0. The average Bonchev–Trinajstić information content (AvgIpc) is 2.93. The zero-order valence-electron chi connectivity index (χ0n) is 16.4. The fourth-order valence-corrected chi connectivity index (χ4v) is 6.48. The maximum Gasteiger partial charge on any atom is 0.163 e. The third-order valence-corrected chi connectivity index (χ3v) is 7.78. The van der Waals surface area contributed by atoms with Crippen LogP contribution >= 0.6 is 0 Å². The minimum absolute atomic E-state index is 0.0109. The topological polar surface area (TPSA) is 27.7 Å². The molecule has 2 aromatic carbocycles. The molecular formula is C22H29O3Si. The minimum atomic E-state index is -0.877. The maximum atomic E-state index is 5.92. The Hall–Kier alpha value is -1.62. The predicted molar refractivity (Wildman–Crippen MR) is 108 cm³/mol. The standard InChI is InChI=1S/C22H29O3Si/c1-21(2,3)26(19-9-7-6-8-10-19)20-13-11-17(12-14-20)23-15-18-16-24-22(4,5)25-18/h6-14,18H,15-16H2,1-5H3/t18-/m1/s1. The molecule has 3 nitrogen and oxygen atoms in total. The van der Waals surface area contributed by atoms with Gasteiger partial charge in [-0.2, -0.15) is 0 Å². The summed E-state index contributed by atoms with van der Waals surface area (Å²) in [5.74, 6) is 0.378. The highest BCUT2D eigenvalue weighted by Gasteiger charge is 2.33. The van der Waals surface area contributed by atoms with Crippen LogP contribution < -0.4 is 15.1 Å². The van der Waals surface area contributed by atoms with Gasteiger partial charge in [0.25, 0.3) is 0 Å². The average molecular weight is 370 g/mol. The van der Waals surface area contributed by atoms with Crippen LogP contribution in [-0.2, 0) is 9.47 Å². The minimum Gasteiger partial charge on any atom is -0.491 e. The van der Waals surface area contributed by atoms with Gasteiger partial charge in [-0.25, -0.2) is 0 Å². The number of ether oxygens (including phenoxy) is 3. The molecule has 4 heteroatoms. The summed E-state index contributed by atoms with van der Waals surface area (Å²) in [5, 5.41) is 3.08. The van der Waals surface area contributed by atoms with E-state index in [0.29, 0.717) is 13.2 Å². The van der Waals surface area contributed by atoms with Crippen LogP contribution in [0.2, 0.25) is 5.04 Å². The van der Waals surface area contributed by atoms with Crippen molar-refractivity contribution < 1.29 is 14.2 Å². The highest BCUT2D eigenvalue weighted by Crippen LogP contribution is 2.27. The van der Waals surface area contributed by atoms with Gasteiger partial charge < -0.3 is 14.2 Å².